The molecule has 0 radical (unpaired) electrons. The molecule has 1 fully saturated rings. The van der Waals surface area contributed by atoms with Gasteiger partial charge in [-0.3, -0.25) is 0 Å². The standard InChI is InChI=1S/C10H11F3O2/c1-9-5-4-6(9)2-3-7(9)15-8(14)10(11,12)13/h4-7H,2-3H2,1H3/t6-,7+,9+/m1/s1. The van der Waals surface area contributed by atoms with Gasteiger partial charge in [-0.1, -0.05) is 19.1 Å². The number of carbonyl (C=O) groups excluding carboxylic acids is 1. The Morgan fingerprint density at radius 3 is 2.53 bits per heavy atom. The largest absolute Gasteiger partial charge is 0.490 e. The average molecular weight is 220 g/mol. The molecule has 0 aliphatic heterocycles. The van der Waals surface area contributed by atoms with Crippen molar-refractivity contribution in [2.24, 2.45) is 11.3 Å². The van der Waals surface area contributed by atoms with Gasteiger partial charge in [0.25, 0.3) is 0 Å². The Labute approximate surface area is 85.1 Å². The van der Waals surface area contributed by atoms with Crippen LogP contribution in [0.5, 0.6) is 0 Å². The minimum Gasteiger partial charge on any atom is -0.455 e. The van der Waals surface area contributed by atoms with E-state index in [1.165, 1.54) is 0 Å². The highest BCUT2D eigenvalue weighted by atomic mass is 19.4. The van der Waals surface area contributed by atoms with Gasteiger partial charge >= 0.3 is 12.1 Å². The molecule has 84 valence electrons. The van der Waals surface area contributed by atoms with Crippen LogP contribution >= 0.6 is 0 Å². The van der Waals surface area contributed by atoms with Gasteiger partial charge in [0.15, 0.2) is 0 Å². The summed E-state index contributed by atoms with van der Waals surface area (Å²) in [6.45, 7) is 1.83. The first-order valence-corrected chi connectivity index (χ1v) is 4.81. The van der Waals surface area contributed by atoms with E-state index in [9.17, 15) is 18.0 Å². The maximum Gasteiger partial charge on any atom is 0.490 e. The van der Waals surface area contributed by atoms with Crippen LogP contribution in [0.15, 0.2) is 12.2 Å². The van der Waals surface area contributed by atoms with E-state index in [0.29, 0.717) is 6.42 Å². The molecule has 2 aliphatic carbocycles. The van der Waals surface area contributed by atoms with Crippen LogP contribution in [0, 0.1) is 11.3 Å². The van der Waals surface area contributed by atoms with E-state index in [-0.39, 0.29) is 11.3 Å². The van der Waals surface area contributed by atoms with Crippen molar-refractivity contribution in [3.63, 3.8) is 0 Å². The number of hydrogen-bond donors (Lipinski definition) is 0. The molecule has 2 nitrogen and oxygen atoms in total. The second-order valence-corrected chi connectivity index (χ2v) is 4.30. The zero-order chi connectivity index (χ0) is 11.3. The fraction of sp³-hybridized carbons (Fsp3) is 0.700. The molecule has 0 unspecified atom stereocenters. The van der Waals surface area contributed by atoms with E-state index in [1.54, 1.807) is 0 Å². The first kappa shape index (κ1) is 10.5. The maximum absolute atomic E-state index is 12.0. The molecule has 0 saturated heterocycles. The Kier molecular flexibility index (Phi) is 2.10. The van der Waals surface area contributed by atoms with Gasteiger partial charge in [-0.05, 0) is 18.8 Å². The number of esters is 1. The predicted molar refractivity (Wildman–Crippen MR) is 45.9 cm³/mol. The summed E-state index contributed by atoms with van der Waals surface area (Å²) in [4.78, 5) is 10.7. The fourth-order valence-electron chi connectivity index (χ4n) is 2.31. The lowest BCUT2D eigenvalue weighted by molar-refractivity contribution is -0.208. The first-order valence-electron chi connectivity index (χ1n) is 4.81. The highest BCUT2D eigenvalue weighted by Crippen LogP contribution is 2.53. The summed E-state index contributed by atoms with van der Waals surface area (Å²) in [5.41, 5.74) is -0.374. The third-order valence-electron chi connectivity index (χ3n) is 3.40. The second-order valence-electron chi connectivity index (χ2n) is 4.30. The van der Waals surface area contributed by atoms with Crippen molar-refractivity contribution in [2.75, 3.05) is 0 Å². The quantitative estimate of drug-likeness (QED) is 0.501. The lowest BCUT2D eigenvalue weighted by Gasteiger charge is -2.38. The molecule has 2 aliphatic rings. The van der Waals surface area contributed by atoms with Crippen molar-refractivity contribution in [3.8, 4) is 0 Å². The van der Waals surface area contributed by atoms with Gasteiger partial charge in [0.2, 0.25) is 0 Å². The summed E-state index contributed by atoms with van der Waals surface area (Å²) in [5, 5.41) is 0. The Morgan fingerprint density at radius 1 is 1.47 bits per heavy atom. The molecule has 3 atom stereocenters. The van der Waals surface area contributed by atoms with Gasteiger partial charge < -0.3 is 4.74 Å². The van der Waals surface area contributed by atoms with Crippen LogP contribution in [-0.2, 0) is 9.53 Å². The third kappa shape index (κ3) is 1.54. The van der Waals surface area contributed by atoms with Crippen molar-refractivity contribution >= 4 is 5.97 Å². The number of rotatable bonds is 1. The maximum atomic E-state index is 12.0. The van der Waals surface area contributed by atoms with E-state index >= 15 is 0 Å². The van der Waals surface area contributed by atoms with Crippen molar-refractivity contribution in [1.29, 1.82) is 0 Å². The van der Waals surface area contributed by atoms with Crippen LogP contribution in [0.4, 0.5) is 13.2 Å². The number of halogens is 3. The Balaban J connectivity index is 2.02. The SMILES string of the molecule is C[C@]12C=C[C@H]1CC[C@@H]2OC(=O)C(F)(F)F. The summed E-state index contributed by atoms with van der Waals surface area (Å²) in [7, 11) is 0. The molecule has 0 N–H and O–H groups in total. The van der Waals surface area contributed by atoms with Crippen LogP contribution in [0.1, 0.15) is 19.8 Å². The molecule has 1 saturated carbocycles. The number of carbonyl (C=O) groups is 1. The molecule has 0 heterocycles. The molecule has 0 aromatic heterocycles. The molecule has 0 amide bonds. The Bertz CT molecular complexity index is 321. The normalized spacial score (nSPS) is 38.4. The van der Waals surface area contributed by atoms with Crippen molar-refractivity contribution in [3.05, 3.63) is 12.2 Å². The van der Waals surface area contributed by atoms with Crippen molar-refractivity contribution in [1.82, 2.24) is 0 Å². The van der Waals surface area contributed by atoms with E-state index in [0.717, 1.165) is 6.42 Å². The van der Waals surface area contributed by atoms with Crippen molar-refractivity contribution < 1.29 is 22.7 Å². The molecule has 0 spiro atoms. The smallest absolute Gasteiger partial charge is 0.455 e. The summed E-state index contributed by atoms with van der Waals surface area (Å²) in [6.07, 6.45) is -0.414. The van der Waals surface area contributed by atoms with Gasteiger partial charge in [0, 0.05) is 5.41 Å². The fourth-order valence-corrected chi connectivity index (χ4v) is 2.31. The monoisotopic (exact) mass is 220 g/mol. The van der Waals surface area contributed by atoms with E-state index in [2.05, 4.69) is 4.74 Å². The Hall–Kier alpha value is -1.00. The minimum atomic E-state index is -4.89. The van der Waals surface area contributed by atoms with E-state index in [1.807, 2.05) is 19.1 Å². The number of alkyl halides is 3. The topological polar surface area (TPSA) is 26.3 Å². The van der Waals surface area contributed by atoms with Gasteiger partial charge in [-0.2, -0.15) is 13.2 Å². The molecule has 0 aromatic carbocycles. The summed E-state index contributed by atoms with van der Waals surface area (Å²) in [6, 6.07) is 0. The predicted octanol–water partition coefficient (Wildman–Crippen LogP) is 2.45. The number of hydrogen-bond acceptors (Lipinski definition) is 2. The van der Waals surface area contributed by atoms with Gasteiger partial charge in [-0.15, -0.1) is 0 Å². The highest BCUT2D eigenvalue weighted by Gasteiger charge is 2.53. The molecular weight excluding hydrogens is 209 g/mol. The summed E-state index contributed by atoms with van der Waals surface area (Å²) in [5.74, 6) is -1.81. The van der Waals surface area contributed by atoms with Gasteiger partial charge in [0.05, 0.1) is 0 Å². The summed E-state index contributed by atoms with van der Waals surface area (Å²) >= 11 is 0. The van der Waals surface area contributed by atoms with Crippen LogP contribution in [0.25, 0.3) is 0 Å². The third-order valence-corrected chi connectivity index (χ3v) is 3.40. The van der Waals surface area contributed by atoms with E-state index in [4.69, 9.17) is 0 Å². The van der Waals surface area contributed by atoms with Crippen molar-refractivity contribution in [2.45, 2.75) is 32.0 Å². The molecule has 0 bridgehead atoms. The number of ether oxygens (including phenoxy) is 1. The summed E-state index contributed by atoms with van der Waals surface area (Å²) < 4.78 is 40.4. The lowest BCUT2D eigenvalue weighted by atomic mass is 9.70. The molecule has 2 rings (SSSR count). The number of allylic oxidation sites excluding steroid dienone is 1. The zero-order valence-corrected chi connectivity index (χ0v) is 8.17. The molecule has 15 heavy (non-hydrogen) atoms. The highest BCUT2D eigenvalue weighted by molar-refractivity contribution is 5.76. The van der Waals surface area contributed by atoms with Crippen LogP contribution in [0.2, 0.25) is 0 Å². The molecule has 0 aromatic rings. The second kappa shape index (κ2) is 3.00. The van der Waals surface area contributed by atoms with Crippen LogP contribution in [-0.4, -0.2) is 18.2 Å². The van der Waals surface area contributed by atoms with Gasteiger partial charge in [0.1, 0.15) is 6.10 Å². The van der Waals surface area contributed by atoms with Gasteiger partial charge in [-0.25, -0.2) is 4.79 Å². The zero-order valence-electron chi connectivity index (χ0n) is 8.17. The van der Waals surface area contributed by atoms with E-state index < -0.39 is 18.2 Å². The average Bonchev–Trinajstić information content (AvgIpc) is 2.29. The molecule has 5 heteroatoms. The van der Waals surface area contributed by atoms with Crippen LogP contribution in [0.3, 0.4) is 0 Å². The molecular formula is C10H11F3O2. The number of fused-ring (bicyclic) bond motifs is 1. The minimum absolute atomic E-state index is 0.267. The lowest BCUT2D eigenvalue weighted by Crippen LogP contribution is -2.40. The van der Waals surface area contributed by atoms with Crippen LogP contribution < -0.4 is 0 Å². The Morgan fingerprint density at radius 2 is 2.13 bits per heavy atom. The first-order chi connectivity index (χ1) is 6.84.